The Morgan fingerprint density at radius 1 is 1.30 bits per heavy atom. The number of nitrogens with one attached hydrogen (secondary N) is 2. The second-order valence-corrected chi connectivity index (χ2v) is 7.30. The molecule has 3 fully saturated rings. The Balaban J connectivity index is 1.27. The number of hydrogen-bond donors (Lipinski definition) is 2. The van der Waals surface area contributed by atoms with Gasteiger partial charge in [-0.3, -0.25) is 0 Å². The van der Waals surface area contributed by atoms with Gasteiger partial charge in [-0.1, -0.05) is 12.2 Å². The third-order valence-electron chi connectivity index (χ3n) is 5.84. The maximum atomic E-state index is 5.62. The average Bonchev–Trinajstić information content (AvgIpc) is 3.18. The summed E-state index contributed by atoms with van der Waals surface area (Å²) in [5.41, 5.74) is 0. The molecule has 4 aliphatic rings. The number of thiocarbonyl (C=S) groups is 1. The largest absolute Gasteiger partial charge is 0.376 e. The van der Waals surface area contributed by atoms with Crippen LogP contribution in [0.3, 0.4) is 0 Å². The van der Waals surface area contributed by atoms with Crippen LogP contribution in [0.1, 0.15) is 32.1 Å². The van der Waals surface area contributed by atoms with Crippen molar-refractivity contribution < 1.29 is 4.74 Å². The van der Waals surface area contributed by atoms with Crippen LogP contribution in [-0.2, 0) is 4.74 Å². The van der Waals surface area contributed by atoms with Gasteiger partial charge in [0.1, 0.15) is 0 Å². The smallest absolute Gasteiger partial charge is 0.166 e. The van der Waals surface area contributed by atoms with Gasteiger partial charge in [-0.2, -0.15) is 0 Å². The summed E-state index contributed by atoms with van der Waals surface area (Å²) in [5.74, 6) is 3.52. The van der Waals surface area contributed by atoms with Crippen molar-refractivity contribution >= 4 is 17.3 Å². The molecule has 0 spiro atoms. The van der Waals surface area contributed by atoms with Crippen molar-refractivity contribution in [1.82, 2.24) is 10.6 Å². The monoisotopic (exact) mass is 292 g/mol. The molecule has 2 saturated carbocycles. The third-order valence-corrected chi connectivity index (χ3v) is 6.10. The van der Waals surface area contributed by atoms with Gasteiger partial charge in [-0.25, -0.2) is 0 Å². The van der Waals surface area contributed by atoms with Crippen LogP contribution in [-0.4, -0.2) is 30.4 Å². The maximum Gasteiger partial charge on any atom is 0.166 e. The van der Waals surface area contributed by atoms with E-state index in [4.69, 9.17) is 17.0 Å². The number of rotatable bonds is 3. The van der Waals surface area contributed by atoms with Crippen LogP contribution in [0.25, 0.3) is 0 Å². The van der Waals surface area contributed by atoms with E-state index in [1.54, 1.807) is 0 Å². The van der Waals surface area contributed by atoms with Gasteiger partial charge in [0.15, 0.2) is 5.11 Å². The Labute approximate surface area is 126 Å². The second-order valence-electron chi connectivity index (χ2n) is 6.90. The van der Waals surface area contributed by atoms with Crippen LogP contribution in [0.15, 0.2) is 12.2 Å². The van der Waals surface area contributed by atoms with Crippen LogP contribution in [0, 0.1) is 23.7 Å². The standard InChI is InChI=1S/C16H24N2OS/c20-16(17-9-11-3-2-6-19-11)18-15-8-10-7-14(15)13-5-1-4-12(10)13/h1,5,10-15H,2-4,6-9H2,(H2,17,18,20). The van der Waals surface area contributed by atoms with E-state index >= 15 is 0 Å². The van der Waals surface area contributed by atoms with Crippen molar-refractivity contribution in [3.8, 4) is 0 Å². The minimum atomic E-state index is 0.358. The van der Waals surface area contributed by atoms with Crippen molar-refractivity contribution in [1.29, 1.82) is 0 Å². The lowest BCUT2D eigenvalue weighted by Crippen LogP contribution is -2.48. The fourth-order valence-corrected chi connectivity index (χ4v) is 5.18. The van der Waals surface area contributed by atoms with E-state index in [1.807, 2.05) is 0 Å². The van der Waals surface area contributed by atoms with Gasteiger partial charge >= 0.3 is 0 Å². The normalized spacial score (nSPS) is 44.8. The average molecular weight is 292 g/mol. The number of hydrogen-bond acceptors (Lipinski definition) is 2. The zero-order valence-corrected chi connectivity index (χ0v) is 12.7. The Morgan fingerprint density at radius 3 is 3.10 bits per heavy atom. The lowest BCUT2D eigenvalue weighted by Gasteiger charge is -2.32. The fraction of sp³-hybridized carbons (Fsp3) is 0.812. The Kier molecular flexibility index (Phi) is 3.47. The molecule has 6 unspecified atom stereocenters. The number of fused-ring (bicyclic) bond motifs is 5. The molecular weight excluding hydrogens is 268 g/mol. The first-order valence-corrected chi connectivity index (χ1v) is 8.54. The summed E-state index contributed by atoms with van der Waals surface area (Å²) in [7, 11) is 0. The predicted octanol–water partition coefficient (Wildman–Crippen LogP) is 2.23. The van der Waals surface area contributed by atoms with Gasteiger partial charge in [0.2, 0.25) is 0 Å². The predicted molar refractivity (Wildman–Crippen MR) is 83.4 cm³/mol. The molecule has 1 heterocycles. The molecular formula is C16H24N2OS. The Hall–Kier alpha value is -0.610. The van der Waals surface area contributed by atoms with E-state index in [-0.39, 0.29) is 0 Å². The zero-order valence-electron chi connectivity index (χ0n) is 11.9. The fourth-order valence-electron chi connectivity index (χ4n) is 4.94. The van der Waals surface area contributed by atoms with E-state index in [0.717, 1.165) is 48.4 Å². The molecule has 1 aliphatic heterocycles. The molecule has 2 bridgehead atoms. The van der Waals surface area contributed by atoms with Crippen molar-refractivity contribution in [2.45, 2.75) is 44.2 Å². The van der Waals surface area contributed by atoms with Crippen LogP contribution in [0.5, 0.6) is 0 Å². The SMILES string of the molecule is S=C(NCC1CCCO1)NC1CC2CC1C1C=CCC21. The Bertz CT molecular complexity index is 419. The second kappa shape index (κ2) is 5.30. The van der Waals surface area contributed by atoms with Crippen molar-refractivity contribution in [3.05, 3.63) is 12.2 Å². The first-order valence-electron chi connectivity index (χ1n) is 8.14. The minimum Gasteiger partial charge on any atom is -0.376 e. The van der Waals surface area contributed by atoms with E-state index < -0.39 is 0 Å². The first-order chi connectivity index (χ1) is 9.81. The van der Waals surface area contributed by atoms with Gasteiger partial charge in [0, 0.05) is 19.2 Å². The molecule has 110 valence electrons. The van der Waals surface area contributed by atoms with Crippen LogP contribution in [0.2, 0.25) is 0 Å². The van der Waals surface area contributed by atoms with Gasteiger partial charge in [-0.05, 0) is 68.0 Å². The molecule has 0 aromatic rings. The van der Waals surface area contributed by atoms with Crippen LogP contribution >= 0.6 is 12.2 Å². The molecule has 4 heteroatoms. The quantitative estimate of drug-likeness (QED) is 0.617. The van der Waals surface area contributed by atoms with E-state index in [2.05, 4.69) is 22.8 Å². The highest BCUT2D eigenvalue weighted by Crippen LogP contribution is 2.56. The molecule has 1 saturated heterocycles. The molecule has 20 heavy (non-hydrogen) atoms. The highest BCUT2D eigenvalue weighted by Gasteiger charge is 2.52. The van der Waals surface area contributed by atoms with E-state index in [0.29, 0.717) is 12.1 Å². The van der Waals surface area contributed by atoms with Crippen LogP contribution < -0.4 is 10.6 Å². The molecule has 3 aliphatic carbocycles. The minimum absolute atomic E-state index is 0.358. The van der Waals surface area contributed by atoms with Crippen molar-refractivity contribution in [3.63, 3.8) is 0 Å². The summed E-state index contributed by atoms with van der Waals surface area (Å²) in [4.78, 5) is 0. The zero-order chi connectivity index (χ0) is 13.5. The van der Waals surface area contributed by atoms with Crippen LogP contribution in [0.4, 0.5) is 0 Å². The van der Waals surface area contributed by atoms with Gasteiger partial charge in [0.25, 0.3) is 0 Å². The van der Waals surface area contributed by atoms with Crippen molar-refractivity contribution in [2.24, 2.45) is 23.7 Å². The molecule has 0 aromatic heterocycles. The first kappa shape index (κ1) is 13.1. The van der Waals surface area contributed by atoms with Gasteiger partial charge < -0.3 is 15.4 Å². The summed E-state index contributed by atoms with van der Waals surface area (Å²) in [6.07, 6.45) is 11.6. The highest BCUT2D eigenvalue weighted by atomic mass is 32.1. The molecule has 3 nitrogen and oxygen atoms in total. The lowest BCUT2D eigenvalue weighted by atomic mass is 9.79. The number of allylic oxidation sites excluding steroid dienone is 2. The van der Waals surface area contributed by atoms with Crippen molar-refractivity contribution in [2.75, 3.05) is 13.2 Å². The summed E-state index contributed by atoms with van der Waals surface area (Å²) in [5, 5.41) is 7.76. The highest BCUT2D eigenvalue weighted by molar-refractivity contribution is 7.80. The summed E-state index contributed by atoms with van der Waals surface area (Å²) < 4.78 is 5.62. The van der Waals surface area contributed by atoms with Gasteiger partial charge in [0.05, 0.1) is 6.10 Å². The number of ether oxygens (including phenoxy) is 1. The molecule has 2 N–H and O–H groups in total. The van der Waals surface area contributed by atoms with E-state index in [1.165, 1.54) is 25.7 Å². The van der Waals surface area contributed by atoms with Gasteiger partial charge in [-0.15, -0.1) is 0 Å². The van der Waals surface area contributed by atoms with E-state index in [9.17, 15) is 0 Å². The maximum absolute atomic E-state index is 5.62. The molecule has 4 rings (SSSR count). The molecule has 6 atom stereocenters. The lowest BCUT2D eigenvalue weighted by molar-refractivity contribution is 0.114. The summed E-state index contributed by atoms with van der Waals surface area (Å²) >= 11 is 5.47. The summed E-state index contributed by atoms with van der Waals surface area (Å²) in [6, 6.07) is 0.591. The molecule has 0 radical (unpaired) electrons. The Morgan fingerprint density at radius 2 is 2.25 bits per heavy atom. The third kappa shape index (κ3) is 2.27. The summed E-state index contributed by atoms with van der Waals surface area (Å²) in [6.45, 7) is 1.77. The molecule has 0 amide bonds. The molecule has 0 aromatic carbocycles. The topological polar surface area (TPSA) is 33.3 Å².